The maximum atomic E-state index is 11.7. The van der Waals surface area contributed by atoms with E-state index in [0.717, 1.165) is 12.1 Å². The molecule has 1 rings (SSSR count). The molecule has 116 valence electrons. The zero-order chi connectivity index (χ0) is 15.8. The lowest BCUT2D eigenvalue weighted by Crippen LogP contribution is -2.46. The highest BCUT2D eigenvalue weighted by atomic mass is 32.1. The Kier molecular flexibility index (Phi) is 7.15. The van der Waals surface area contributed by atoms with E-state index in [1.54, 1.807) is 6.92 Å². The predicted octanol–water partition coefficient (Wildman–Crippen LogP) is 3.01. The molecule has 0 aromatic heterocycles. The van der Waals surface area contributed by atoms with Crippen molar-refractivity contribution in [2.45, 2.75) is 46.1 Å². The largest absolute Gasteiger partial charge is 0.354 e. The zero-order valence-electron chi connectivity index (χ0n) is 13.2. The average Bonchev–Trinajstić information content (AvgIpc) is 2.45. The molecule has 5 heteroatoms. The Hall–Kier alpha value is -1.62. The molecule has 3 N–H and O–H groups in total. The summed E-state index contributed by atoms with van der Waals surface area (Å²) in [6, 6.07) is 7.78. The van der Waals surface area contributed by atoms with Crippen molar-refractivity contribution in [3.63, 3.8) is 0 Å². The fraction of sp³-hybridized carbons (Fsp3) is 0.500. The van der Waals surface area contributed by atoms with Crippen molar-refractivity contribution < 1.29 is 4.79 Å². The quantitative estimate of drug-likeness (QED) is 0.707. The van der Waals surface area contributed by atoms with Crippen molar-refractivity contribution in [2.75, 3.05) is 11.9 Å². The summed E-state index contributed by atoms with van der Waals surface area (Å²) < 4.78 is 0. The molecule has 0 fully saturated rings. The van der Waals surface area contributed by atoms with Gasteiger partial charge in [0.25, 0.3) is 0 Å². The van der Waals surface area contributed by atoms with Gasteiger partial charge in [0.05, 0.1) is 0 Å². The smallest absolute Gasteiger partial charge is 0.242 e. The highest BCUT2D eigenvalue weighted by molar-refractivity contribution is 7.80. The topological polar surface area (TPSA) is 53.2 Å². The van der Waals surface area contributed by atoms with E-state index in [-0.39, 0.29) is 11.9 Å². The van der Waals surface area contributed by atoms with E-state index in [0.29, 0.717) is 17.6 Å². The molecule has 0 aliphatic carbocycles. The predicted molar refractivity (Wildman–Crippen MR) is 92.7 cm³/mol. The van der Waals surface area contributed by atoms with Crippen molar-refractivity contribution in [1.82, 2.24) is 10.6 Å². The Balaban J connectivity index is 2.47. The van der Waals surface area contributed by atoms with Gasteiger partial charge >= 0.3 is 0 Å². The molecule has 0 saturated heterocycles. The van der Waals surface area contributed by atoms with Crippen LogP contribution in [0.15, 0.2) is 24.3 Å². The number of anilines is 1. The Morgan fingerprint density at radius 3 is 2.33 bits per heavy atom. The van der Waals surface area contributed by atoms with Crippen LogP contribution in [-0.4, -0.2) is 23.6 Å². The molecule has 1 amide bonds. The zero-order valence-corrected chi connectivity index (χ0v) is 14.0. The van der Waals surface area contributed by atoms with E-state index in [9.17, 15) is 4.79 Å². The molecule has 0 bridgehead atoms. The van der Waals surface area contributed by atoms with Crippen molar-refractivity contribution in [1.29, 1.82) is 0 Å². The molecule has 0 unspecified atom stereocenters. The summed E-state index contributed by atoms with van der Waals surface area (Å²) in [5.41, 5.74) is 2.20. The van der Waals surface area contributed by atoms with Crippen LogP contribution in [0.2, 0.25) is 0 Å². The number of nitrogens with one attached hydrogen (secondary N) is 3. The lowest BCUT2D eigenvalue weighted by atomic mass is 10.0. The lowest BCUT2D eigenvalue weighted by Gasteiger charge is -2.17. The summed E-state index contributed by atoms with van der Waals surface area (Å²) in [6.07, 6.45) is 0.920. The normalized spacial score (nSPS) is 11.9. The van der Waals surface area contributed by atoms with Gasteiger partial charge in [0.2, 0.25) is 5.91 Å². The summed E-state index contributed by atoms with van der Waals surface area (Å²) in [4.78, 5) is 11.7. The Morgan fingerprint density at radius 1 is 1.19 bits per heavy atom. The van der Waals surface area contributed by atoms with Crippen molar-refractivity contribution in [3.8, 4) is 0 Å². The molecule has 4 nitrogen and oxygen atoms in total. The molecule has 21 heavy (non-hydrogen) atoms. The van der Waals surface area contributed by atoms with Crippen LogP contribution in [-0.2, 0) is 4.79 Å². The van der Waals surface area contributed by atoms with Gasteiger partial charge in [0.1, 0.15) is 6.04 Å². The first-order chi connectivity index (χ1) is 9.93. The van der Waals surface area contributed by atoms with Gasteiger partial charge in [-0.2, -0.15) is 0 Å². The molecule has 0 aliphatic rings. The summed E-state index contributed by atoms with van der Waals surface area (Å²) in [6.45, 7) is 8.81. The monoisotopic (exact) mass is 307 g/mol. The van der Waals surface area contributed by atoms with Gasteiger partial charge in [-0.25, -0.2) is 0 Å². The maximum Gasteiger partial charge on any atom is 0.242 e. The van der Waals surface area contributed by atoms with Crippen LogP contribution in [0.3, 0.4) is 0 Å². The van der Waals surface area contributed by atoms with Crippen LogP contribution >= 0.6 is 12.2 Å². The van der Waals surface area contributed by atoms with Crippen LogP contribution < -0.4 is 16.0 Å². The third-order valence-electron chi connectivity index (χ3n) is 3.13. The first-order valence-corrected chi connectivity index (χ1v) is 7.80. The summed E-state index contributed by atoms with van der Waals surface area (Å²) >= 11 is 5.23. The number of hydrogen-bond acceptors (Lipinski definition) is 2. The Morgan fingerprint density at radius 2 is 1.81 bits per heavy atom. The molecular formula is C16H25N3OS. The van der Waals surface area contributed by atoms with E-state index >= 15 is 0 Å². The number of amides is 1. The number of benzene rings is 1. The fourth-order valence-electron chi connectivity index (χ4n) is 1.78. The first-order valence-electron chi connectivity index (χ1n) is 7.39. The van der Waals surface area contributed by atoms with Crippen molar-refractivity contribution in [2.24, 2.45) is 0 Å². The Bertz CT molecular complexity index is 471. The van der Waals surface area contributed by atoms with Crippen molar-refractivity contribution >= 4 is 28.9 Å². The highest BCUT2D eigenvalue weighted by Gasteiger charge is 2.12. The molecule has 0 spiro atoms. The second-order valence-corrected chi connectivity index (χ2v) is 5.80. The lowest BCUT2D eigenvalue weighted by molar-refractivity contribution is -0.122. The number of hydrogen-bond donors (Lipinski definition) is 3. The molecule has 0 aliphatic heterocycles. The van der Waals surface area contributed by atoms with Crippen molar-refractivity contribution in [3.05, 3.63) is 29.8 Å². The van der Waals surface area contributed by atoms with E-state index in [2.05, 4.69) is 41.9 Å². The van der Waals surface area contributed by atoms with Gasteiger partial charge in [0, 0.05) is 12.2 Å². The molecule has 0 radical (unpaired) electrons. The number of carbonyl (C=O) groups is 1. The Labute approximate surface area is 132 Å². The van der Waals surface area contributed by atoms with Crippen LogP contribution in [0.25, 0.3) is 0 Å². The fourth-order valence-corrected chi connectivity index (χ4v) is 2.08. The minimum absolute atomic E-state index is 0.0452. The molecule has 0 saturated carbocycles. The SMILES string of the molecule is CCCNC(=O)[C@H](C)NC(=S)Nc1ccc(C(C)C)cc1. The van der Waals surface area contributed by atoms with Gasteiger partial charge < -0.3 is 16.0 Å². The van der Waals surface area contributed by atoms with Crippen LogP contribution in [0.1, 0.15) is 45.6 Å². The molecule has 1 atom stereocenters. The average molecular weight is 307 g/mol. The third kappa shape index (κ3) is 6.12. The summed E-state index contributed by atoms with van der Waals surface area (Å²) in [5.74, 6) is 0.461. The molecule has 1 aromatic rings. The van der Waals surface area contributed by atoms with Gasteiger partial charge in [-0.15, -0.1) is 0 Å². The highest BCUT2D eigenvalue weighted by Crippen LogP contribution is 2.16. The van der Waals surface area contributed by atoms with Crippen LogP contribution in [0, 0.1) is 0 Å². The second-order valence-electron chi connectivity index (χ2n) is 5.39. The number of rotatable bonds is 6. The first kappa shape index (κ1) is 17.4. The number of thiocarbonyl (C=S) groups is 1. The van der Waals surface area contributed by atoms with Gasteiger partial charge in [-0.3, -0.25) is 4.79 Å². The van der Waals surface area contributed by atoms with E-state index in [1.165, 1.54) is 5.56 Å². The standard InChI is InChI=1S/C16H25N3OS/c1-5-10-17-15(20)12(4)18-16(21)19-14-8-6-13(7-9-14)11(2)3/h6-9,11-12H,5,10H2,1-4H3,(H,17,20)(H2,18,19,21)/t12-/m0/s1. The minimum Gasteiger partial charge on any atom is -0.354 e. The second kappa shape index (κ2) is 8.62. The van der Waals surface area contributed by atoms with E-state index in [1.807, 2.05) is 19.1 Å². The summed E-state index contributed by atoms with van der Waals surface area (Å²) in [5, 5.41) is 9.36. The number of carbonyl (C=O) groups excluding carboxylic acids is 1. The third-order valence-corrected chi connectivity index (χ3v) is 3.35. The van der Waals surface area contributed by atoms with Crippen LogP contribution in [0.4, 0.5) is 5.69 Å². The minimum atomic E-state index is -0.355. The van der Waals surface area contributed by atoms with E-state index < -0.39 is 0 Å². The summed E-state index contributed by atoms with van der Waals surface area (Å²) in [7, 11) is 0. The van der Waals surface area contributed by atoms with Gasteiger partial charge in [-0.05, 0) is 49.2 Å². The van der Waals surface area contributed by atoms with Crippen LogP contribution in [0.5, 0.6) is 0 Å². The maximum absolute atomic E-state index is 11.7. The van der Waals surface area contributed by atoms with E-state index in [4.69, 9.17) is 12.2 Å². The van der Waals surface area contributed by atoms with Gasteiger partial charge in [0.15, 0.2) is 5.11 Å². The van der Waals surface area contributed by atoms with Gasteiger partial charge in [-0.1, -0.05) is 32.9 Å². The molecular weight excluding hydrogens is 282 g/mol. The molecule has 1 aromatic carbocycles. The molecule has 0 heterocycles.